The molecule has 0 radical (unpaired) electrons. The lowest BCUT2D eigenvalue weighted by Crippen LogP contribution is -2.00. The van der Waals surface area contributed by atoms with Gasteiger partial charge in [0.2, 0.25) is 5.03 Å². The van der Waals surface area contributed by atoms with Gasteiger partial charge in [-0.2, -0.15) is 8.42 Å². The van der Waals surface area contributed by atoms with Crippen LogP contribution in [0.4, 0.5) is 8.28 Å². The highest BCUT2D eigenvalue weighted by molar-refractivity contribution is 7.86. The topological polar surface area (TPSA) is 47.0 Å². The molecule has 0 aliphatic carbocycles. The van der Waals surface area contributed by atoms with E-state index in [-0.39, 0.29) is 0 Å². The first-order valence-corrected chi connectivity index (χ1v) is 4.36. The van der Waals surface area contributed by atoms with Crippen molar-refractivity contribution in [1.82, 2.24) is 4.98 Å². The molecule has 0 aliphatic rings. The number of nitrogens with zero attached hydrogens (tertiary/aromatic N) is 1. The van der Waals surface area contributed by atoms with Crippen LogP contribution in [0.15, 0.2) is 17.3 Å². The van der Waals surface area contributed by atoms with Crippen LogP contribution in [-0.4, -0.2) is 13.4 Å². The molecule has 0 aliphatic heterocycles. The zero-order chi connectivity index (χ0) is 9.35. The largest absolute Gasteiger partial charge is 0.352 e. The van der Waals surface area contributed by atoms with Gasteiger partial charge in [0.15, 0.2) is 5.82 Å². The van der Waals surface area contributed by atoms with Gasteiger partial charge in [-0.15, -0.1) is 0 Å². The minimum atomic E-state index is -5.04. The lowest BCUT2D eigenvalue weighted by molar-refractivity contribution is 0.522. The van der Waals surface area contributed by atoms with Gasteiger partial charge < -0.3 is 0 Å². The fourth-order valence-electron chi connectivity index (χ4n) is 0.700. The maximum atomic E-state index is 12.7. The van der Waals surface area contributed by atoms with E-state index in [1.54, 1.807) is 0 Å². The molecular weight excluding hydrogens is 188 g/mol. The molecule has 0 spiro atoms. The molecule has 0 N–H and O–H groups in total. The molecule has 1 aromatic rings. The van der Waals surface area contributed by atoms with Crippen LogP contribution in [0.5, 0.6) is 0 Å². The van der Waals surface area contributed by atoms with Crippen LogP contribution in [0.2, 0.25) is 0 Å². The molecule has 1 rings (SSSR count). The molecule has 0 aromatic carbocycles. The van der Waals surface area contributed by atoms with Crippen LogP contribution in [0.3, 0.4) is 0 Å². The molecule has 0 saturated heterocycles. The summed E-state index contributed by atoms with van der Waals surface area (Å²) in [6, 6.07) is 0.902. The molecule has 1 aromatic heterocycles. The molecule has 12 heavy (non-hydrogen) atoms. The second kappa shape index (κ2) is 2.78. The van der Waals surface area contributed by atoms with Gasteiger partial charge in [-0.05, 0) is 18.6 Å². The standard InChI is InChI=1S/C6H5F2NO2S/c1-4-2-5(7)6(9-3-4)12(8,10)11/h2-3H,1H3. The molecule has 0 bridgehead atoms. The molecule has 0 unspecified atom stereocenters. The van der Waals surface area contributed by atoms with Gasteiger partial charge in [-0.1, -0.05) is 3.89 Å². The Bertz CT molecular complexity index is 402. The average molecular weight is 193 g/mol. The smallest absolute Gasteiger partial charge is 0.239 e. The quantitative estimate of drug-likeness (QED) is 0.629. The van der Waals surface area contributed by atoms with E-state index in [0.29, 0.717) is 5.56 Å². The Kier molecular flexibility index (Phi) is 2.10. The predicted octanol–water partition coefficient (Wildman–Crippen LogP) is 1.19. The van der Waals surface area contributed by atoms with E-state index in [9.17, 15) is 16.7 Å². The van der Waals surface area contributed by atoms with Gasteiger partial charge in [0, 0.05) is 6.20 Å². The van der Waals surface area contributed by atoms with Crippen molar-refractivity contribution in [2.75, 3.05) is 0 Å². The third kappa shape index (κ3) is 1.76. The third-order valence-corrected chi connectivity index (χ3v) is 1.94. The van der Waals surface area contributed by atoms with Crippen LogP contribution < -0.4 is 0 Å². The van der Waals surface area contributed by atoms with Gasteiger partial charge in [0.25, 0.3) is 0 Å². The molecule has 0 amide bonds. The Balaban J connectivity index is 3.39. The van der Waals surface area contributed by atoms with Crippen molar-refractivity contribution in [3.63, 3.8) is 0 Å². The van der Waals surface area contributed by atoms with Gasteiger partial charge >= 0.3 is 10.2 Å². The lowest BCUT2D eigenvalue weighted by Gasteiger charge is -1.96. The second-order valence-electron chi connectivity index (χ2n) is 2.24. The molecule has 1 heterocycles. The van der Waals surface area contributed by atoms with E-state index in [1.807, 2.05) is 0 Å². The molecular formula is C6H5F2NO2S. The van der Waals surface area contributed by atoms with Gasteiger partial charge in [-0.25, -0.2) is 9.37 Å². The molecule has 6 heteroatoms. The number of halogens is 2. The normalized spacial score (nSPS) is 11.6. The summed E-state index contributed by atoms with van der Waals surface area (Å²) in [5, 5.41) is -1.16. The Morgan fingerprint density at radius 2 is 2.08 bits per heavy atom. The average Bonchev–Trinajstić information content (AvgIpc) is 1.83. The van der Waals surface area contributed by atoms with Gasteiger partial charge in [0.1, 0.15) is 0 Å². The summed E-state index contributed by atoms with van der Waals surface area (Å²) in [4.78, 5) is 3.11. The Labute approximate surface area is 68.3 Å². The number of aromatic nitrogens is 1. The summed E-state index contributed by atoms with van der Waals surface area (Å²) in [6.07, 6.45) is 1.08. The maximum Gasteiger partial charge on any atom is 0.352 e. The van der Waals surface area contributed by atoms with Crippen LogP contribution in [0.25, 0.3) is 0 Å². The fourth-order valence-corrected chi connectivity index (χ4v) is 1.17. The Hall–Kier alpha value is -1.04. The monoisotopic (exact) mass is 193 g/mol. The molecule has 0 atom stereocenters. The Morgan fingerprint density at radius 3 is 2.50 bits per heavy atom. The van der Waals surface area contributed by atoms with E-state index in [1.165, 1.54) is 6.92 Å². The third-order valence-electron chi connectivity index (χ3n) is 1.18. The van der Waals surface area contributed by atoms with Crippen LogP contribution in [-0.2, 0) is 10.2 Å². The van der Waals surface area contributed by atoms with Crippen molar-refractivity contribution in [2.45, 2.75) is 11.9 Å². The first-order chi connectivity index (χ1) is 5.41. The van der Waals surface area contributed by atoms with Crippen molar-refractivity contribution in [3.05, 3.63) is 23.6 Å². The minimum absolute atomic E-state index is 0.430. The van der Waals surface area contributed by atoms with Crippen LogP contribution >= 0.6 is 0 Å². The summed E-state index contributed by atoms with van der Waals surface area (Å²) >= 11 is 0. The van der Waals surface area contributed by atoms with Crippen molar-refractivity contribution >= 4 is 10.2 Å². The number of aryl methyl sites for hydroxylation is 1. The van der Waals surface area contributed by atoms with E-state index < -0.39 is 21.1 Å². The second-order valence-corrected chi connectivity index (χ2v) is 3.50. The summed E-state index contributed by atoms with van der Waals surface area (Å²) in [6.45, 7) is 1.52. The van der Waals surface area contributed by atoms with Crippen molar-refractivity contribution in [2.24, 2.45) is 0 Å². The summed E-state index contributed by atoms with van der Waals surface area (Å²) < 4.78 is 45.2. The fraction of sp³-hybridized carbons (Fsp3) is 0.167. The number of hydrogen-bond donors (Lipinski definition) is 0. The Morgan fingerprint density at radius 1 is 1.50 bits per heavy atom. The summed E-state index contributed by atoms with van der Waals surface area (Å²) in [5.41, 5.74) is 0.430. The number of hydrogen-bond acceptors (Lipinski definition) is 3. The zero-order valence-electron chi connectivity index (χ0n) is 6.08. The van der Waals surface area contributed by atoms with E-state index in [2.05, 4.69) is 4.98 Å². The first-order valence-electron chi connectivity index (χ1n) is 2.98. The lowest BCUT2D eigenvalue weighted by atomic mass is 10.3. The molecule has 0 saturated carbocycles. The van der Waals surface area contributed by atoms with Crippen molar-refractivity contribution < 1.29 is 16.7 Å². The molecule has 0 fully saturated rings. The maximum absolute atomic E-state index is 12.7. The van der Waals surface area contributed by atoms with Gasteiger partial charge in [0.05, 0.1) is 0 Å². The van der Waals surface area contributed by atoms with Crippen LogP contribution in [0.1, 0.15) is 5.56 Å². The number of pyridine rings is 1. The summed E-state index contributed by atoms with van der Waals surface area (Å²) in [7, 11) is -5.04. The predicted molar refractivity (Wildman–Crippen MR) is 37.2 cm³/mol. The van der Waals surface area contributed by atoms with Crippen molar-refractivity contribution in [1.29, 1.82) is 0 Å². The highest BCUT2D eigenvalue weighted by Crippen LogP contribution is 2.13. The van der Waals surface area contributed by atoms with E-state index in [0.717, 1.165) is 12.3 Å². The molecule has 3 nitrogen and oxygen atoms in total. The SMILES string of the molecule is Cc1cnc(S(=O)(=O)F)c(F)c1. The first kappa shape index (κ1) is 9.05. The summed E-state index contributed by atoms with van der Waals surface area (Å²) in [5.74, 6) is -1.17. The zero-order valence-corrected chi connectivity index (χ0v) is 6.90. The van der Waals surface area contributed by atoms with Gasteiger partial charge in [-0.3, -0.25) is 0 Å². The minimum Gasteiger partial charge on any atom is -0.239 e. The molecule has 66 valence electrons. The van der Waals surface area contributed by atoms with E-state index >= 15 is 0 Å². The highest BCUT2D eigenvalue weighted by atomic mass is 32.3. The highest BCUT2D eigenvalue weighted by Gasteiger charge is 2.19. The van der Waals surface area contributed by atoms with Crippen LogP contribution in [0, 0.1) is 12.7 Å². The van der Waals surface area contributed by atoms with E-state index in [4.69, 9.17) is 0 Å². The number of rotatable bonds is 1. The van der Waals surface area contributed by atoms with Crippen molar-refractivity contribution in [3.8, 4) is 0 Å².